The van der Waals surface area contributed by atoms with E-state index in [1.807, 2.05) is 28.4 Å². The first kappa shape index (κ1) is 13.8. The van der Waals surface area contributed by atoms with E-state index in [1.54, 1.807) is 6.07 Å². The van der Waals surface area contributed by atoms with Crippen LogP contribution in [0.25, 0.3) is 6.08 Å². The second-order valence-corrected chi connectivity index (χ2v) is 4.04. The van der Waals surface area contributed by atoms with E-state index < -0.39 is 0 Å². The van der Waals surface area contributed by atoms with Crippen LogP contribution in [-0.4, -0.2) is 12.6 Å². The number of rotatable bonds is 5. The van der Waals surface area contributed by atoms with Gasteiger partial charge in [-0.2, -0.15) is 0 Å². The Morgan fingerprint density at radius 2 is 2.24 bits per heavy atom. The van der Waals surface area contributed by atoms with Crippen molar-refractivity contribution in [1.82, 2.24) is 0 Å². The minimum Gasteiger partial charge on any atom is -0.462 e. The molecule has 0 saturated carbocycles. The van der Waals surface area contributed by atoms with Gasteiger partial charge in [0.05, 0.1) is 12.2 Å². The van der Waals surface area contributed by atoms with Crippen molar-refractivity contribution in [2.45, 2.75) is 12.8 Å². The molecule has 88 valence electrons. The molecule has 0 unspecified atom stereocenters. The molecular weight excluding hydrogens is 327 g/mol. The van der Waals surface area contributed by atoms with Crippen molar-refractivity contribution in [3.8, 4) is 12.3 Å². The quantitative estimate of drug-likeness (QED) is 0.354. The number of unbranched alkanes of at least 4 members (excludes halogenated alkanes) is 1. The number of halogens is 1. The molecule has 0 bridgehead atoms. The summed E-state index contributed by atoms with van der Waals surface area (Å²) in [5, 5.41) is 0. The Hall–Kier alpha value is -1.28. The second-order valence-electron chi connectivity index (χ2n) is 3.32. The van der Waals surface area contributed by atoms with E-state index in [2.05, 4.69) is 28.5 Å². The molecule has 0 N–H and O–H groups in total. The van der Waals surface area contributed by atoms with Gasteiger partial charge in [-0.15, -0.1) is 12.3 Å². The number of hydrogen-bond donors (Lipinski definition) is 0. The van der Waals surface area contributed by atoms with Crippen molar-refractivity contribution in [3.05, 3.63) is 39.5 Å². The lowest BCUT2D eigenvalue weighted by Crippen LogP contribution is -2.07. The van der Waals surface area contributed by atoms with E-state index in [1.165, 1.54) is 0 Å². The van der Waals surface area contributed by atoms with Gasteiger partial charge in [-0.3, -0.25) is 0 Å². The van der Waals surface area contributed by atoms with Crippen molar-refractivity contribution in [3.63, 3.8) is 0 Å². The number of esters is 1. The zero-order chi connectivity index (χ0) is 12.5. The van der Waals surface area contributed by atoms with Crippen LogP contribution in [0.1, 0.15) is 28.8 Å². The fourth-order valence-corrected chi connectivity index (χ4v) is 1.70. The van der Waals surface area contributed by atoms with Crippen molar-refractivity contribution >= 4 is 34.6 Å². The molecule has 0 fully saturated rings. The molecule has 2 nitrogen and oxygen atoms in total. The molecule has 17 heavy (non-hydrogen) atoms. The lowest BCUT2D eigenvalue weighted by molar-refractivity contribution is 0.0501. The van der Waals surface area contributed by atoms with E-state index in [0.717, 1.165) is 5.56 Å². The SMILES string of the molecule is C#CCCCOC(=O)c1ccccc1/C=C/I. The van der Waals surface area contributed by atoms with Gasteiger partial charge in [0, 0.05) is 6.42 Å². The van der Waals surface area contributed by atoms with Gasteiger partial charge in [0.25, 0.3) is 0 Å². The van der Waals surface area contributed by atoms with Crippen LogP contribution in [0.4, 0.5) is 0 Å². The fraction of sp³-hybridized carbons (Fsp3) is 0.214. The first-order valence-corrected chi connectivity index (χ1v) is 6.50. The normalized spacial score (nSPS) is 10.1. The topological polar surface area (TPSA) is 26.3 Å². The molecule has 0 saturated heterocycles. The maximum absolute atomic E-state index is 11.8. The van der Waals surface area contributed by atoms with E-state index >= 15 is 0 Å². The summed E-state index contributed by atoms with van der Waals surface area (Å²) in [5.41, 5.74) is 1.45. The van der Waals surface area contributed by atoms with E-state index in [0.29, 0.717) is 25.0 Å². The fourth-order valence-electron chi connectivity index (χ4n) is 1.31. The number of terminal acetylenes is 1. The van der Waals surface area contributed by atoms with E-state index in [-0.39, 0.29) is 5.97 Å². The average molecular weight is 340 g/mol. The molecule has 0 radical (unpaired) electrons. The molecule has 0 heterocycles. The Bertz CT molecular complexity index is 444. The van der Waals surface area contributed by atoms with Crippen LogP contribution in [0.15, 0.2) is 28.3 Å². The highest BCUT2D eigenvalue weighted by atomic mass is 127. The average Bonchev–Trinajstić information content (AvgIpc) is 2.35. The van der Waals surface area contributed by atoms with Gasteiger partial charge in [-0.25, -0.2) is 4.79 Å². The first-order chi connectivity index (χ1) is 8.29. The molecule has 0 amide bonds. The van der Waals surface area contributed by atoms with Crippen molar-refractivity contribution in [1.29, 1.82) is 0 Å². The lowest BCUT2D eigenvalue weighted by Gasteiger charge is -2.06. The molecule has 0 spiro atoms. The molecule has 0 aliphatic carbocycles. The third-order valence-electron chi connectivity index (χ3n) is 2.12. The number of carbonyl (C=O) groups excluding carboxylic acids is 1. The summed E-state index contributed by atoms with van der Waals surface area (Å²) in [5.74, 6) is 2.21. The maximum atomic E-state index is 11.8. The predicted octanol–water partition coefficient (Wildman–Crippen LogP) is 3.66. The summed E-state index contributed by atoms with van der Waals surface area (Å²) >= 11 is 2.12. The van der Waals surface area contributed by atoms with Gasteiger partial charge in [-0.05, 0) is 28.2 Å². The Balaban J connectivity index is 2.65. The summed E-state index contributed by atoms with van der Waals surface area (Å²) in [7, 11) is 0. The third-order valence-corrected chi connectivity index (χ3v) is 2.48. The Labute approximate surface area is 115 Å². The first-order valence-electron chi connectivity index (χ1n) is 5.26. The molecule has 0 aliphatic heterocycles. The van der Waals surface area contributed by atoms with Crippen LogP contribution in [0.2, 0.25) is 0 Å². The third kappa shape index (κ3) is 4.61. The van der Waals surface area contributed by atoms with Gasteiger partial charge in [0.2, 0.25) is 0 Å². The van der Waals surface area contributed by atoms with Crippen molar-refractivity contribution in [2.75, 3.05) is 6.61 Å². The number of ether oxygens (including phenoxy) is 1. The van der Waals surface area contributed by atoms with Crippen LogP contribution in [-0.2, 0) is 4.74 Å². The van der Waals surface area contributed by atoms with Crippen LogP contribution in [0, 0.1) is 12.3 Å². The van der Waals surface area contributed by atoms with E-state index in [9.17, 15) is 4.79 Å². The lowest BCUT2D eigenvalue weighted by atomic mass is 10.1. The van der Waals surface area contributed by atoms with Crippen LogP contribution < -0.4 is 0 Å². The molecule has 0 atom stereocenters. The molecular formula is C14H13IO2. The van der Waals surface area contributed by atoms with Gasteiger partial charge in [0.1, 0.15) is 0 Å². The van der Waals surface area contributed by atoms with Crippen molar-refractivity contribution in [2.24, 2.45) is 0 Å². The van der Waals surface area contributed by atoms with Crippen LogP contribution in [0.3, 0.4) is 0 Å². The standard InChI is InChI=1S/C14H13IO2/c1-2-3-6-11-17-14(16)13-8-5-4-7-12(13)9-10-15/h1,4-5,7-10H,3,6,11H2/b10-9+. The summed E-state index contributed by atoms with van der Waals surface area (Å²) in [6.07, 6.45) is 8.32. The maximum Gasteiger partial charge on any atom is 0.338 e. The predicted molar refractivity (Wildman–Crippen MR) is 77.8 cm³/mol. The van der Waals surface area contributed by atoms with Gasteiger partial charge in [0.15, 0.2) is 0 Å². The summed E-state index contributed by atoms with van der Waals surface area (Å²) in [6.45, 7) is 0.366. The molecule has 3 heteroatoms. The monoisotopic (exact) mass is 340 g/mol. The number of carbonyl (C=O) groups is 1. The highest BCUT2D eigenvalue weighted by Gasteiger charge is 2.09. The van der Waals surface area contributed by atoms with E-state index in [4.69, 9.17) is 11.2 Å². The number of benzene rings is 1. The molecule has 0 aromatic heterocycles. The Morgan fingerprint density at radius 3 is 2.94 bits per heavy atom. The minimum atomic E-state index is -0.299. The summed E-state index contributed by atoms with van der Waals surface area (Å²) < 4.78 is 7.01. The molecule has 0 aliphatic rings. The second kappa shape index (κ2) is 7.91. The summed E-state index contributed by atoms with van der Waals surface area (Å²) in [4.78, 5) is 11.8. The highest BCUT2D eigenvalue weighted by molar-refractivity contribution is 14.1. The van der Waals surface area contributed by atoms with Crippen LogP contribution in [0.5, 0.6) is 0 Å². The van der Waals surface area contributed by atoms with Crippen molar-refractivity contribution < 1.29 is 9.53 Å². The molecule has 1 rings (SSSR count). The molecule has 1 aromatic rings. The van der Waals surface area contributed by atoms with Gasteiger partial charge < -0.3 is 4.74 Å². The number of hydrogen-bond acceptors (Lipinski definition) is 2. The molecule has 1 aromatic carbocycles. The van der Waals surface area contributed by atoms with Gasteiger partial charge >= 0.3 is 5.97 Å². The zero-order valence-electron chi connectivity index (χ0n) is 9.36. The Kier molecular flexibility index (Phi) is 6.41. The zero-order valence-corrected chi connectivity index (χ0v) is 11.5. The Morgan fingerprint density at radius 1 is 1.47 bits per heavy atom. The minimum absolute atomic E-state index is 0.299. The van der Waals surface area contributed by atoms with Crippen LogP contribution >= 0.6 is 22.6 Å². The summed E-state index contributed by atoms with van der Waals surface area (Å²) in [6, 6.07) is 7.35. The van der Waals surface area contributed by atoms with Gasteiger partial charge in [-0.1, -0.05) is 40.8 Å². The largest absolute Gasteiger partial charge is 0.462 e. The highest BCUT2D eigenvalue weighted by Crippen LogP contribution is 2.13. The smallest absolute Gasteiger partial charge is 0.338 e.